The predicted molar refractivity (Wildman–Crippen MR) is 96.8 cm³/mol. The van der Waals surface area contributed by atoms with Gasteiger partial charge in [0.1, 0.15) is 11.6 Å². The van der Waals surface area contributed by atoms with Crippen molar-refractivity contribution in [3.05, 3.63) is 65.5 Å². The minimum absolute atomic E-state index is 0.151. The number of aryl methyl sites for hydroxylation is 1. The number of carbonyl (C=O) groups excluding carboxylic acids is 1. The van der Waals surface area contributed by atoms with Gasteiger partial charge in [-0.05, 0) is 37.6 Å². The maximum Gasteiger partial charge on any atom is 0.260 e. The van der Waals surface area contributed by atoms with Gasteiger partial charge in [0, 0.05) is 18.1 Å². The van der Waals surface area contributed by atoms with Crippen molar-refractivity contribution in [3.63, 3.8) is 0 Å². The summed E-state index contributed by atoms with van der Waals surface area (Å²) in [4.78, 5) is 12.0. The molecule has 1 N–H and O–H groups in total. The van der Waals surface area contributed by atoms with E-state index in [2.05, 4.69) is 5.32 Å². The van der Waals surface area contributed by atoms with E-state index in [-0.39, 0.29) is 11.7 Å². The van der Waals surface area contributed by atoms with Crippen molar-refractivity contribution in [1.29, 1.82) is 0 Å². The van der Waals surface area contributed by atoms with Crippen molar-refractivity contribution in [2.24, 2.45) is 0 Å². The summed E-state index contributed by atoms with van der Waals surface area (Å²) in [6, 6.07) is 14.3. The topological polar surface area (TPSA) is 38.3 Å². The van der Waals surface area contributed by atoms with Crippen LogP contribution in [0.15, 0.2) is 48.5 Å². The average Bonchev–Trinajstić information content (AvgIpc) is 2.58. The molecule has 2 aromatic rings. The Hall–Kier alpha value is -2.01. The molecular weight excluding hydrogens is 325 g/mol. The molecule has 0 saturated heterocycles. The summed E-state index contributed by atoms with van der Waals surface area (Å²) >= 11 is 1.58. The van der Waals surface area contributed by atoms with Crippen LogP contribution in [0.1, 0.15) is 18.1 Å². The summed E-state index contributed by atoms with van der Waals surface area (Å²) in [6.07, 6.45) is -0.552. The third kappa shape index (κ3) is 5.89. The molecule has 0 spiro atoms. The van der Waals surface area contributed by atoms with Crippen molar-refractivity contribution in [2.45, 2.75) is 25.7 Å². The molecule has 0 aromatic heterocycles. The number of amides is 1. The third-order valence-electron chi connectivity index (χ3n) is 3.46. The zero-order chi connectivity index (χ0) is 17.4. The van der Waals surface area contributed by atoms with E-state index in [0.29, 0.717) is 23.6 Å². The van der Waals surface area contributed by atoms with Crippen LogP contribution in [0.5, 0.6) is 5.75 Å². The summed E-state index contributed by atoms with van der Waals surface area (Å²) < 4.78 is 19.1. The molecular formula is C19H22FNO2S. The Balaban J connectivity index is 1.65. The number of halogens is 1. The van der Waals surface area contributed by atoms with Gasteiger partial charge >= 0.3 is 0 Å². The van der Waals surface area contributed by atoms with Gasteiger partial charge < -0.3 is 10.1 Å². The van der Waals surface area contributed by atoms with Crippen LogP contribution >= 0.6 is 11.8 Å². The lowest BCUT2D eigenvalue weighted by Crippen LogP contribution is -2.37. The number of rotatable bonds is 8. The molecule has 2 rings (SSSR count). The second-order valence-corrected chi connectivity index (χ2v) is 6.61. The summed E-state index contributed by atoms with van der Waals surface area (Å²) in [5, 5.41) is 2.84. The number of hydrogen-bond acceptors (Lipinski definition) is 3. The number of thioether (sulfide) groups is 1. The molecule has 0 heterocycles. The fourth-order valence-electron chi connectivity index (χ4n) is 2.06. The molecule has 0 fully saturated rings. The standard InChI is InChI=1S/C19H22FNO2S/c1-14-7-9-17(10-8-14)23-15(2)19(22)21-11-12-24-13-16-5-3-4-6-18(16)20/h3-10,15H,11-13H2,1-2H3,(H,21,22)/t15-/m1/s1. The van der Waals surface area contributed by atoms with Crippen LogP contribution < -0.4 is 10.1 Å². The second-order valence-electron chi connectivity index (χ2n) is 5.51. The molecule has 0 radical (unpaired) electrons. The summed E-state index contributed by atoms with van der Waals surface area (Å²) in [6.45, 7) is 4.25. The lowest BCUT2D eigenvalue weighted by atomic mass is 10.2. The molecule has 1 amide bonds. The van der Waals surface area contributed by atoms with Gasteiger partial charge in [0.05, 0.1) is 0 Å². The Morgan fingerprint density at radius 1 is 1.21 bits per heavy atom. The minimum Gasteiger partial charge on any atom is -0.481 e. The SMILES string of the molecule is Cc1ccc(O[C@H](C)C(=O)NCCSCc2ccccc2F)cc1. The monoisotopic (exact) mass is 347 g/mol. The van der Waals surface area contributed by atoms with Gasteiger partial charge in [-0.25, -0.2) is 4.39 Å². The first-order chi connectivity index (χ1) is 11.6. The molecule has 3 nitrogen and oxygen atoms in total. The number of ether oxygens (including phenoxy) is 1. The first-order valence-corrected chi connectivity index (χ1v) is 9.04. The van der Waals surface area contributed by atoms with Gasteiger partial charge in [0.2, 0.25) is 0 Å². The van der Waals surface area contributed by atoms with Crippen LogP contribution in [0.4, 0.5) is 4.39 Å². The van der Waals surface area contributed by atoms with Gasteiger partial charge in [-0.15, -0.1) is 0 Å². The van der Waals surface area contributed by atoms with Crippen molar-refractivity contribution in [3.8, 4) is 5.75 Å². The number of carbonyl (C=O) groups is 1. The maximum atomic E-state index is 13.5. The smallest absolute Gasteiger partial charge is 0.260 e. The van der Waals surface area contributed by atoms with E-state index in [1.165, 1.54) is 6.07 Å². The van der Waals surface area contributed by atoms with E-state index in [1.54, 1.807) is 30.8 Å². The van der Waals surface area contributed by atoms with Gasteiger partial charge in [0.25, 0.3) is 5.91 Å². The van der Waals surface area contributed by atoms with E-state index >= 15 is 0 Å². The van der Waals surface area contributed by atoms with E-state index in [0.717, 1.165) is 11.3 Å². The van der Waals surface area contributed by atoms with Crippen molar-refractivity contribution >= 4 is 17.7 Å². The van der Waals surface area contributed by atoms with Crippen molar-refractivity contribution in [2.75, 3.05) is 12.3 Å². The highest BCUT2D eigenvalue weighted by atomic mass is 32.2. The van der Waals surface area contributed by atoms with E-state index in [4.69, 9.17) is 4.74 Å². The molecule has 0 unspecified atom stereocenters. The molecule has 2 aromatic carbocycles. The average molecular weight is 347 g/mol. The molecule has 0 aliphatic carbocycles. The molecule has 1 atom stereocenters. The Morgan fingerprint density at radius 3 is 2.62 bits per heavy atom. The van der Waals surface area contributed by atoms with Crippen molar-refractivity contribution in [1.82, 2.24) is 5.32 Å². The minimum atomic E-state index is -0.552. The lowest BCUT2D eigenvalue weighted by molar-refractivity contribution is -0.127. The van der Waals surface area contributed by atoms with Crippen LogP contribution in [-0.2, 0) is 10.5 Å². The zero-order valence-corrected chi connectivity index (χ0v) is 14.7. The summed E-state index contributed by atoms with van der Waals surface area (Å²) in [7, 11) is 0. The highest BCUT2D eigenvalue weighted by Crippen LogP contribution is 2.15. The lowest BCUT2D eigenvalue weighted by Gasteiger charge is -2.14. The fourth-order valence-corrected chi connectivity index (χ4v) is 2.91. The Kier molecular flexibility index (Phi) is 7.12. The number of hydrogen-bond donors (Lipinski definition) is 1. The van der Waals surface area contributed by atoms with E-state index < -0.39 is 6.10 Å². The highest BCUT2D eigenvalue weighted by molar-refractivity contribution is 7.98. The fraction of sp³-hybridized carbons (Fsp3) is 0.316. The van der Waals surface area contributed by atoms with Crippen LogP contribution in [0.25, 0.3) is 0 Å². The Morgan fingerprint density at radius 2 is 1.92 bits per heavy atom. The highest BCUT2D eigenvalue weighted by Gasteiger charge is 2.13. The maximum absolute atomic E-state index is 13.5. The van der Waals surface area contributed by atoms with Crippen LogP contribution in [-0.4, -0.2) is 24.3 Å². The molecule has 5 heteroatoms. The van der Waals surface area contributed by atoms with Crippen LogP contribution in [0.2, 0.25) is 0 Å². The molecule has 0 aliphatic rings. The third-order valence-corrected chi connectivity index (χ3v) is 4.47. The first-order valence-electron chi connectivity index (χ1n) is 7.88. The Labute approximate surface area is 146 Å². The zero-order valence-electron chi connectivity index (χ0n) is 13.9. The van der Waals surface area contributed by atoms with Crippen LogP contribution in [0.3, 0.4) is 0 Å². The largest absolute Gasteiger partial charge is 0.481 e. The molecule has 24 heavy (non-hydrogen) atoms. The predicted octanol–water partition coefficient (Wildman–Crippen LogP) is 3.95. The Bertz CT molecular complexity index is 661. The van der Waals surface area contributed by atoms with E-state index in [1.807, 2.05) is 37.3 Å². The second kappa shape index (κ2) is 9.33. The summed E-state index contributed by atoms with van der Waals surface area (Å²) in [5.41, 5.74) is 1.83. The van der Waals surface area contributed by atoms with Gasteiger partial charge in [0.15, 0.2) is 6.10 Å². The quantitative estimate of drug-likeness (QED) is 0.735. The molecule has 0 saturated carbocycles. The molecule has 128 valence electrons. The number of benzene rings is 2. The molecule has 0 bridgehead atoms. The number of nitrogens with one attached hydrogen (secondary N) is 1. The van der Waals surface area contributed by atoms with Crippen LogP contribution in [0, 0.1) is 12.7 Å². The van der Waals surface area contributed by atoms with Crippen molar-refractivity contribution < 1.29 is 13.9 Å². The molecule has 0 aliphatic heterocycles. The van der Waals surface area contributed by atoms with Gasteiger partial charge in [-0.2, -0.15) is 11.8 Å². The van der Waals surface area contributed by atoms with Gasteiger partial charge in [-0.1, -0.05) is 35.9 Å². The first kappa shape index (κ1) is 18.3. The van der Waals surface area contributed by atoms with E-state index in [9.17, 15) is 9.18 Å². The summed E-state index contributed by atoms with van der Waals surface area (Å²) in [5.74, 6) is 1.66. The van der Waals surface area contributed by atoms with Gasteiger partial charge in [-0.3, -0.25) is 4.79 Å². The normalized spacial score (nSPS) is 11.8.